The normalized spacial score (nSPS) is 16.3. The van der Waals surface area contributed by atoms with Crippen LogP contribution in [0.2, 0.25) is 0 Å². The second-order valence-electron chi connectivity index (χ2n) is 7.30. The van der Waals surface area contributed by atoms with Crippen LogP contribution in [0.4, 0.5) is 10.1 Å². The number of benzene rings is 2. The van der Waals surface area contributed by atoms with Gasteiger partial charge >= 0.3 is 5.97 Å². The van der Waals surface area contributed by atoms with Gasteiger partial charge in [-0.15, -0.1) is 0 Å². The Morgan fingerprint density at radius 2 is 2.07 bits per heavy atom. The zero-order valence-corrected chi connectivity index (χ0v) is 16.3. The molecule has 1 aromatic heterocycles. The molecule has 1 fully saturated rings. The van der Waals surface area contributed by atoms with Gasteiger partial charge in [-0.2, -0.15) is 10.2 Å². The maximum atomic E-state index is 14.0. The van der Waals surface area contributed by atoms with Crippen LogP contribution in [0.3, 0.4) is 0 Å². The lowest BCUT2D eigenvalue weighted by Crippen LogP contribution is -2.37. The van der Waals surface area contributed by atoms with Gasteiger partial charge in [0.1, 0.15) is 11.9 Å². The third kappa shape index (κ3) is 3.62. The Morgan fingerprint density at radius 3 is 2.77 bits per heavy atom. The van der Waals surface area contributed by atoms with Gasteiger partial charge in [-0.25, -0.2) is 9.18 Å². The van der Waals surface area contributed by atoms with E-state index in [-0.39, 0.29) is 11.7 Å². The molecule has 1 unspecified atom stereocenters. The molecule has 0 radical (unpaired) electrons. The van der Waals surface area contributed by atoms with Gasteiger partial charge in [-0.3, -0.25) is 0 Å². The fourth-order valence-electron chi connectivity index (χ4n) is 3.75. The number of hydrogen-bond donors (Lipinski definition) is 1. The molecule has 2 aromatic carbocycles. The van der Waals surface area contributed by atoms with Gasteiger partial charge in [0.2, 0.25) is 5.82 Å². The number of nitriles is 1. The molecule has 0 aliphatic carbocycles. The van der Waals surface area contributed by atoms with Crippen molar-refractivity contribution in [2.75, 3.05) is 11.4 Å². The van der Waals surface area contributed by atoms with Crippen LogP contribution in [0.1, 0.15) is 42.1 Å². The van der Waals surface area contributed by atoms with Crippen molar-refractivity contribution in [3.63, 3.8) is 0 Å². The van der Waals surface area contributed by atoms with E-state index in [0.717, 1.165) is 37.2 Å². The van der Waals surface area contributed by atoms with Crippen molar-refractivity contribution in [1.29, 1.82) is 5.26 Å². The zero-order chi connectivity index (χ0) is 21.3. The van der Waals surface area contributed by atoms with E-state index in [1.165, 1.54) is 12.5 Å². The number of aromatic carboxylic acids is 1. The molecule has 1 aliphatic rings. The fraction of sp³-hybridized carbons (Fsp3) is 0.273. The number of nitrogens with zero attached hydrogens (tertiary/aromatic N) is 4. The summed E-state index contributed by atoms with van der Waals surface area (Å²) in [5.41, 5.74) is 1.87. The Labute approximate surface area is 172 Å². The predicted octanol–water partition coefficient (Wildman–Crippen LogP) is 4.49. The van der Waals surface area contributed by atoms with E-state index in [4.69, 9.17) is 9.63 Å². The molecule has 3 aromatic rings. The lowest BCUT2D eigenvalue weighted by Gasteiger charge is -2.36. The Kier molecular flexibility index (Phi) is 5.19. The van der Waals surface area contributed by atoms with Gasteiger partial charge in [-0.05, 0) is 62.6 Å². The highest BCUT2D eigenvalue weighted by atomic mass is 19.1. The summed E-state index contributed by atoms with van der Waals surface area (Å²) in [4.78, 5) is 17.5. The molecule has 0 bridgehead atoms. The average Bonchev–Trinajstić information content (AvgIpc) is 3.24. The first-order valence-corrected chi connectivity index (χ1v) is 9.66. The van der Waals surface area contributed by atoms with Crippen LogP contribution < -0.4 is 4.90 Å². The summed E-state index contributed by atoms with van der Waals surface area (Å²) in [6, 6.07) is 11.7. The van der Waals surface area contributed by atoms with Crippen LogP contribution in [0.25, 0.3) is 22.8 Å². The molecule has 30 heavy (non-hydrogen) atoms. The second-order valence-corrected chi connectivity index (χ2v) is 7.30. The summed E-state index contributed by atoms with van der Waals surface area (Å²) < 4.78 is 19.3. The van der Waals surface area contributed by atoms with Gasteiger partial charge in [0, 0.05) is 23.7 Å². The van der Waals surface area contributed by atoms with Crippen LogP contribution in [-0.2, 0) is 0 Å². The molecule has 7 nitrogen and oxygen atoms in total. The highest BCUT2D eigenvalue weighted by Crippen LogP contribution is 2.31. The third-order valence-electron chi connectivity index (χ3n) is 5.36. The minimum absolute atomic E-state index is 0.132. The van der Waals surface area contributed by atoms with Crippen LogP contribution in [0, 0.1) is 17.1 Å². The quantitative estimate of drug-likeness (QED) is 0.681. The van der Waals surface area contributed by atoms with Crippen molar-refractivity contribution in [1.82, 2.24) is 10.1 Å². The lowest BCUT2D eigenvalue weighted by atomic mass is 10.0. The first-order chi connectivity index (χ1) is 14.5. The van der Waals surface area contributed by atoms with Crippen molar-refractivity contribution in [3.05, 3.63) is 53.3 Å². The molecule has 0 spiro atoms. The van der Waals surface area contributed by atoms with Crippen molar-refractivity contribution in [2.24, 2.45) is 0 Å². The lowest BCUT2D eigenvalue weighted by molar-refractivity contribution is 0.0692. The number of hydrogen-bond acceptors (Lipinski definition) is 6. The fourth-order valence-corrected chi connectivity index (χ4v) is 3.75. The van der Waals surface area contributed by atoms with Gasteiger partial charge in [0.15, 0.2) is 0 Å². The number of carboxylic acids is 1. The monoisotopic (exact) mass is 406 g/mol. The minimum atomic E-state index is -1.35. The van der Waals surface area contributed by atoms with Gasteiger partial charge < -0.3 is 14.5 Å². The number of carboxylic acid groups (broad SMARTS) is 1. The molecule has 4 rings (SSSR count). The second kappa shape index (κ2) is 7.95. The summed E-state index contributed by atoms with van der Waals surface area (Å²) in [5, 5.41) is 22.5. The van der Waals surface area contributed by atoms with Crippen LogP contribution in [-0.4, -0.2) is 33.8 Å². The Bertz CT molecular complexity index is 1150. The smallest absolute Gasteiger partial charge is 0.338 e. The van der Waals surface area contributed by atoms with E-state index in [1.807, 2.05) is 12.1 Å². The summed E-state index contributed by atoms with van der Waals surface area (Å²) in [7, 11) is 0. The number of anilines is 1. The third-order valence-corrected chi connectivity index (χ3v) is 5.36. The number of halogens is 1. The highest BCUT2D eigenvalue weighted by Gasteiger charge is 2.22. The van der Waals surface area contributed by atoms with Gasteiger partial charge in [-0.1, -0.05) is 5.16 Å². The van der Waals surface area contributed by atoms with E-state index >= 15 is 0 Å². The van der Waals surface area contributed by atoms with E-state index < -0.39 is 17.3 Å². The molecule has 1 aliphatic heterocycles. The van der Waals surface area contributed by atoms with E-state index in [2.05, 4.69) is 28.0 Å². The van der Waals surface area contributed by atoms with Gasteiger partial charge in [0.05, 0.1) is 16.8 Å². The maximum absolute atomic E-state index is 14.0. The molecule has 0 saturated carbocycles. The Morgan fingerprint density at radius 1 is 1.27 bits per heavy atom. The number of aromatic nitrogens is 2. The molecule has 1 atom stereocenters. The average molecular weight is 406 g/mol. The Hall–Kier alpha value is -3.73. The minimum Gasteiger partial charge on any atom is -0.478 e. The van der Waals surface area contributed by atoms with Crippen molar-refractivity contribution >= 4 is 11.7 Å². The molecule has 0 amide bonds. The topological polar surface area (TPSA) is 103 Å². The number of carbonyl (C=O) groups is 1. The predicted molar refractivity (Wildman–Crippen MR) is 107 cm³/mol. The standard InChI is InChI=1S/C22H19FN4O3/c1-13-4-2-3-9-27(13)19-8-6-15(10-16(19)12-24)21-25-20(26-30-21)14-5-7-17(22(28)29)18(23)11-14/h5-8,10-11,13H,2-4,9H2,1H3,(H,28,29). The van der Waals surface area contributed by atoms with Crippen molar-refractivity contribution in [2.45, 2.75) is 32.2 Å². The zero-order valence-electron chi connectivity index (χ0n) is 16.3. The number of piperidine rings is 1. The summed E-state index contributed by atoms with van der Waals surface area (Å²) in [5.74, 6) is -1.89. The van der Waals surface area contributed by atoms with E-state index in [9.17, 15) is 14.4 Å². The summed E-state index contributed by atoms with van der Waals surface area (Å²) >= 11 is 0. The molecular formula is C22H19FN4O3. The highest BCUT2D eigenvalue weighted by molar-refractivity contribution is 5.88. The van der Waals surface area contributed by atoms with Crippen molar-refractivity contribution in [3.8, 4) is 28.9 Å². The van der Waals surface area contributed by atoms with E-state index in [0.29, 0.717) is 22.7 Å². The first kappa shape index (κ1) is 19.6. The SMILES string of the molecule is CC1CCCCN1c1ccc(-c2nc(-c3ccc(C(=O)O)c(F)c3)no2)cc1C#N. The largest absolute Gasteiger partial charge is 0.478 e. The van der Waals surface area contributed by atoms with E-state index in [1.54, 1.807) is 6.07 Å². The molecule has 1 saturated heterocycles. The molecule has 2 heterocycles. The summed E-state index contributed by atoms with van der Waals surface area (Å²) in [6.07, 6.45) is 3.38. The van der Waals surface area contributed by atoms with Crippen LogP contribution in [0.5, 0.6) is 0 Å². The number of rotatable bonds is 4. The first-order valence-electron chi connectivity index (χ1n) is 9.66. The Balaban J connectivity index is 1.64. The van der Waals surface area contributed by atoms with Crippen molar-refractivity contribution < 1.29 is 18.8 Å². The van der Waals surface area contributed by atoms with Crippen LogP contribution >= 0.6 is 0 Å². The van der Waals surface area contributed by atoms with Gasteiger partial charge in [0.25, 0.3) is 5.89 Å². The molecular weight excluding hydrogens is 387 g/mol. The molecule has 1 N–H and O–H groups in total. The molecule has 8 heteroatoms. The summed E-state index contributed by atoms with van der Waals surface area (Å²) in [6.45, 7) is 3.07. The van der Waals surface area contributed by atoms with Crippen LogP contribution in [0.15, 0.2) is 40.9 Å². The maximum Gasteiger partial charge on any atom is 0.338 e. The molecule has 152 valence electrons.